The first-order valence-corrected chi connectivity index (χ1v) is 5.64. The number of hydrogen-bond acceptors (Lipinski definition) is 3. The maximum Gasteiger partial charge on any atom is 0.0271 e. The van der Waals surface area contributed by atoms with E-state index in [1.807, 2.05) is 24.5 Å². The summed E-state index contributed by atoms with van der Waals surface area (Å²) in [5, 5.41) is 3.49. The standard InChI is InChI=1S/C12H19N3/c13-9-12(4-1-5-12)10-15-8-11-2-6-14-7-3-11/h2-3,6-7,15H,1,4-5,8-10,13H2. The molecule has 0 aromatic carbocycles. The van der Waals surface area contributed by atoms with Crippen LogP contribution >= 0.6 is 0 Å². The van der Waals surface area contributed by atoms with E-state index >= 15 is 0 Å². The fourth-order valence-electron chi connectivity index (χ4n) is 2.10. The van der Waals surface area contributed by atoms with E-state index < -0.39 is 0 Å². The van der Waals surface area contributed by atoms with Crippen molar-refractivity contribution in [1.29, 1.82) is 0 Å². The minimum Gasteiger partial charge on any atom is -0.330 e. The van der Waals surface area contributed by atoms with Crippen LogP contribution in [0.4, 0.5) is 0 Å². The summed E-state index contributed by atoms with van der Waals surface area (Å²) in [5.41, 5.74) is 7.48. The van der Waals surface area contributed by atoms with Crippen LogP contribution in [-0.4, -0.2) is 18.1 Å². The Bertz CT molecular complexity index is 287. The van der Waals surface area contributed by atoms with Crippen LogP contribution in [0.1, 0.15) is 24.8 Å². The van der Waals surface area contributed by atoms with Crippen molar-refractivity contribution >= 4 is 0 Å². The Morgan fingerprint density at radius 1 is 1.33 bits per heavy atom. The van der Waals surface area contributed by atoms with E-state index in [-0.39, 0.29) is 0 Å². The Balaban J connectivity index is 1.75. The molecule has 3 N–H and O–H groups in total. The van der Waals surface area contributed by atoms with Crippen LogP contribution in [0.5, 0.6) is 0 Å². The summed E-state index contributed by atoms with van der Waals surface area (Å²) in [4.78, 5) is 4.00. The van der Waals surface area contributed by atoms with Crippen LogP contribution in [0.15, 0.2) is 24.5 Å². The topological polar surface area (TPSA) is 50.9 Å². The second-order valence-electron chi connectivity index (χ2n) is 4.52. The summed E-state index contributed by atoms with van der Waals surface area (Å²) in [6, 6.07) is 4.09. The van der Waals surface area contributed by atoms with E-state index in [0.717, 1.165) is 19.6 Å². The molecule has 1 aromatic heterocycles. The largest absolute Gasteiger partial charge is 0.330 e. The zero-order valence-electron chi connectivity index (χ0n) is 9.08. The predicted octanol–water partition coefficient (Wildman–Crippen LogP) is 1.30. The lowest BCUT2D eigenvalue weighted by molar-refractivity contribution is 0.141. The van der Waals surface area contributed by atoms with Crippen molar-refractivity contribution in [2.24, 2.45) is 11.1 Å². The molecular formula is C12H19N3. The van der Waals surface area contributed by atoms with Gasteiger partial charge in [0.1, 0.15) is 0 Å². The number of nitrogens with two attached hydrogens (primary N) is 1. The highest BCUT2D eigenvalue weighted by atomic mass is 14.9. The van der Waals surface area contributed by atoms with Crippen LogP contribution < -0.4 is 11.1 Å². The highest BCUT2D eigenvalue weighted by Gasteiger charge is 2.34. The number of pyridine rings is 1. The molecule has 1 aliphatic rings. The number of nitrogens with one attached hydrogen (secondary N) is 1. The van der Waals surface area contributed by atoms with E-state index in [0.29, 0.717) is 5.41 Å². The molecule has 0 radical (unpaired) electrons. The molecular weight excluding hydrogens is 186 g/mol. The fraction of sp³-hybridized carbons (Fsp3) is 0.583. The average molecular weight is 205 g/mol. The Morgan fingerprint density at radius 2 is 2.07 bits per heavy atom. The minimum absolute atomic E-state index is 0.396. The molecule has 0 spiro atoms. The van der Waals surface area contributed by atoms with Crippen molar-refractivity contribution in [2.45, 2.75) is 25.8 Å². The lowest BCUT2D eigenvalue weighted by Crippen LogP contribution is -2.45. The SMILES string of the molecule is NCC1(CNCc2ccncc2)CCC1. The van der Waals surface area contributed by atoms with Gasteiger partial charge >= 0.3 is 0 Å². The normalized spacial score (nSPS) is 18.5. The van der Waals surface area contributed by atoms with Gasteiger partial charge in [-0.15, -0.1) is 0 Å². The van der Waals surface area contributed by atoms with Crippen LogP contribution in [0.2, 0.25) is 0 Å². The van der Waals surface area contributed by atoms with Crippen LogP contribution in [0.3, 0.4) is 0 Å². The van der Waals surface area contributed by atoms with Gasteiger partial charge in [0.15, 0.2) is 0 Å². The molecule has 1 aliphatic carbocycles. The molecule has 1 fully saturated rings. The summed E-state index contributed by atoms with van der Waals surface area (Å²) < 4.78 is 0. The first-order valence-electron chi connectivity index (χ1n) is 5.64. The molecule has 0 unspecified atom stereocenters. The summed E-state index contributed by atoms with van der Waals surface area (Å²) in [5.74, 6) is 0. The van der Waals surface area contributed by atoms with Crippen molar-refractivity contribution in [1.82, 2.24) is 10.3 Å². The van der Waals surface area contributed by atoms with Gasteiger partial charge in [-0.25, -0.2) is 0 Å². The van der Waals surface area contributed by atoms with E-state index in [4.69, 9.17) is 5.73 Å². The smallest absolute Gasteiger partial charge is 0.0271 e. The van der Waals surface area contributed by atoms with Crippen LogP contribution in [-0.2, 0) is 6.54 Å². The molecule has 1 heterocycles. The number of nitrogens with zero attached hydrogens (tertiary/aromatic N) is 1. The second kappa shape index (κ2) is 4.73. The molecule has 0 bridgehead atoms. The fourth-order valence-corrected chi connectivity index (χ4v) is 2.10. The zero-order valence-corrected chi connectivity index (χ0v) is 9.08. The molecule has 3 nitrogen and oxygen atoms in total. The maximum absolute atomic E-state index is 5.80. The third-order valence-electron chi connectivity index (χ3n) is 3.43. The van der Waals surface area contributed by atoms with Gasteiger partial charge in [0.2, 0.25) is 0 Å². The van der Waals surface area contributed by atoms with Gasteiger partial charge < -0.3 is 11.1 Å². The molecule has 0 saturated heterocycles. The van der Waals surface area contributed by atoms with Crippen molar-refractivity contribution in [3.8, 4) is 0 Å². The van der Waals surface area contributed by atoms with E-state index in [9.17, 15) is 0 Å². The molecule has 15 heavy (non-hydrogen) atoms. The van der Waals surface area contributed by atoms with Gasteiger partial charge in [0, 0.05) is 25.5 Å². The molecule has 0 atom stereocenters. The van der Waals surface area contributed by atoms with Crippen molar-refractivity contribution in [3.05, 3.63) is 30.1 Å². The molecule has 2 rings (SSSR count). The third kappa shape index (κ3) is 2.55. The van der Waals surface area contributed by atoms with Gasteiger partial charge in [-0.05, 0) is 42.5 Å². The Kier molecular flexibility index (Phi) is 3.34. The van der Waals surface area contributed by atoms with E-state index in [2.05, 4.69) is 10.3 Å². The Morgan fingerprint density at radius 3 is 2.60 bits per heavy atom. The number of hydrogen-bond donors (Lipinski definition) is 2. The van der Waals surface area contributed by atoms with E-state index in [1.54, 1.807) is 0 Å². The summed E-state index contributed by atoms with van der Waals surface area (Å²) in [7, 11) is 0. The molecule has 3 heteroatoms. The Hall–Kier alpha value is -0.930. The quantitative estimate of drug-likeness (QED) is 0.762. The highest BCUT2D eigenvalue weighted by Crippen LogP contribution is 2.39. The molecule has 82 valence electrons. The summed E-state index contributed by atoms with van der Waals surface area (Å²) >= 11 is 0. The molecule has 1 aromatic rings. The van der Waals surface area contributed by atoms with Gasteiger partial charge in [0.25, 0.3) is 0 Å². The van der Waals surface area contributed by atoms with Crippen molar-refractivity contribution in [2.75, 3.05) is 13.1 Å². The van der Waals surface area contributed by atoms with Gasteiger partial charge in [-0.1, -0.05) is 6.42 Å². The first kappa shape index (κ1) is 10.6. The predicted molar refractivity (Wildman–Crippen MR) is 61.3 cm³/mol. The van der Waals surface area contributed by atoms with Crippen molar-refractivity contribution < 1.29 is 0 Å². The number of rotatable bonds is 5. The lowest BCUT2D eigenvalue weighted by Gasteiger charge is -2.41. The molecule has 0 aliphatic heterocycles. The van der Waals surface area contributed by atoms with Gasteiger partial charge in [-0.3, -0.25) is 4.98 Å². The average Bonchev–Trinajstić information content (AvgIpc) is 2.24. The number of aromatic nitrogens is 1. The third-order valence-corrected chi connectivity index (χ3v) is 3.43. The first-order chi connectivity index (χ1) is 7.35. The maximum atomic E-state index is 5.80. The lowest BCUT2D eigenvalue weighted by atomic mass is 9.69. The highest BCUT2D eigenvalue weighted by molar-refractivity contribution is 5.09. The molecule has 1 saturated carbocycles. The van der Waals surface area contributed by atoms with Crippen LogP contribution in [0.25, 0.3) is 0 Å². The van der Waals surface area contributed by atoms with Gasteiger partial charge in [0.05, 0.1) is 0 Å². The van der Waals surface area contributed by atoms with E-state index in [1.165, 1.54) is 24.8 Å². The zero-order chi connectivity index (χ0) is 10.6. The molecule has 0 amide bonds. The monoisotopic (exact) mass is 205 g/mol. The van der Waals surface area contributed by atoms with Crippen LogP contribution in [0, 0.1) is 5.41 Å². The van der Waals surface area contributed by atoms with Gasteiger partial charge in [-0.2, -0.15) is 0 Å². The van der Waals surface area contributed by atoms with Crippen molar-refractivity contribution in [3.63, 3.8) is 0 Å². The summed E-state index contributed by atoms with van der Waals surface area (Å²) in [6.07, 6.45) is 7.58. The second-order valence-corrected chi connectivity index (χ2v) is 4.52. The Labute approximate surface area is 91.1 Å². The minimum atomic E-state index is 0.396. The summed E-state index contributed by atoms with van der Waals surface area (Å²) in [6.45, 7) is 2.78.